The normalized spacial score (nSPS) is 10.9. The quantitative estimate of drug-likeness (QED) is 0.721. The highest BCUT2D eigenvalue weighted by atomic mass is 35.5. The van der Waals surface area contributed by atoms with Crippen molar-refractivity contribution < 1.29 is 0 Å². The zero-order chi connectivity index (χ0) is 11.4. The Kier molecular flexibility index (Phi) is 3.32. The summed E-state index contributed by atoms with van der Waals surface area (Å²) in [6.07, 6.45) is 3.37. The van der Waals surface area contributed by atoms with Crippen molar-refractivity contribution in [1.29, 1.82) is 0 Å². The van der Waals surface area contributed by atoms with Crippen LogP contribution in [0.3, 0.4) is 0 Å². The molecule has 0 saturated carbocycles. The summed E-state index contributed by atoms with van der Waals surface area (Å²) in [6, 6.07) is 11.7. The predicted molar refractivity (Wildman–Crippen MR) is 67.7 cm³/mol. The Labute approximate surface area is 99.6 Å². The van der Waals surface area contributed by atoms with Crippen LogP contribution in [0, 0.1) is 6.92 Å². The summed E-state index contributed by atoms with van der Waals surface area (Å²) in [5.41, 5.74) is 2.30. The summed E-state index contributed by atoms with van der Waals surface area (Å²) < 4.78 is 0. The van der Waals surface area contributed by atoms with Gasteiger partial charge in [0.1, 0.15) is 0 Å². The van der Waals surface area contributed by atoms with Gasteiger partial charge in [-0.2, -0.15) is 0 Å². The third-order valence-corrected chi connectivity index (χ3v) is 2.36. The molecule has 0 bridgehead atoms. The number of aryl methyl sites for hydroxylation is 1. The Morgan fingerprint density at radius 1 is 1.12 bits per heavy atom. The van der Waals surface area contributed by atoms with Gasteiger partial charge in [0, 0.05) is 12.4 Å². The van der Waals surface area contributed by atoms with Crippen molar-refractivity contribution in [2.75, 3.05) is 0 Å². The van der Waals surface area contributed by atoms with Crippen molar-refractivity contribution in [1.82, 2.24) is 4.98 Å². The summed E-state index contributed by atoms with van der Waals surface area (Å²) in [6.45, 7) is 2.06. The zero-order valence-electron chi connectivity index (χ0n) is 8.89. The second-order valence-electron chi connectivity index (χ2n) is 3.50. The molecule has 2 nitrogen and oxygen atoms in total. The fourth-order valence-corrected chi connectivity index (χ4v) is 1.35. The van der Waals surface area contributed by atoms with Crippen LogP contribution in [0.2, 0.25) is 5.02 Å². The largest absolute Gasteiger partial charge is 0.237 e. The monoisotopic (exact) mass is 230 g/mol. The number of aromatic nitrogens is 1. The van der Waals surface area contributed by atoms with Gasteiger partial charge in [-0.15, -0.1) is 0 Å². The maximum absolute atomic E-state index is 5.73. The lowest BCUT2D eigenvalue weighted by Gasteiger charge is -1.95. The van der Waals surface area contributed by atoms with E-state index in [0.29, 0.717) is 10.8 Å². The molecule has 1 heterocycles. The summed E-state index contributed by atoms with van der Waals surface area (Å²) in [5, 5.41) is 0.620. The lowest BCUT2D eigenvalue weighted by Crippen LogP contribution is -1.81. The van der Waals surface area contributed by atoms with Gasteiger partial charge in [-0.1, -0.05) is 41.4 Å². The van der Waals surface area contributed by atoms with E-state index in [1.807, 2.05) is 12.1 Å². The van der Waals surface area contributed by atoms with Gasteiger partial charge in [0.25, 0.3) is 0 Å². The molecule has 3 heteroatoms. The van der Waals surface area contributed by atoms with Gasteiger partial charge in [-0.3, -0.25) is 0 Å². The smallest absolute Gasteiger partial charge is 0.151 e. The van der Waals surface area contributed by atoms with E-state index in [2.05, 4.69) is 29.0 Å². The van der Waals surface area contributed by atoms with E-state index in [4.69, 9.17) is 11.6 Å². The van der Waals surface area contributed by atoms with Crippen molar-refractivity contribution in [2.24, 2.45) is 4.99 Å². The number of hydrogen-bond acceptors (Lipinski definition) is 2. The average molecular weight is 231 g/mol. The molecule has 16 heavy (non-hydrogen) atoms. The molecule has 2 rings (SSSR count). The molecule has 0 aliphatic carbocycles. The number of pyridine rings is 1. The standard InChI is InChI=1S/C13H11ClN2/c1-10-2-4-11(5-3-10)8-15-13-7-6-12(14)9-16-13/h2-9H,1H3. The van der Waals surface area contributed by atoms with Crippen molar-refractivity contribution in [3.63, 3.8) is 0 Å². The van der Waals surface area contributed by atoms with Gasteiger partial charge < -0.3 is 0 Å². The van der Waals surface area contributed by atoms with Gasteiger partial charge in [-0.25, -0.2) is 9.98 Å². The van der Waals surface area contributed by atoms with Crippen LogP contribution in [-0.2, 0) is 0 Å². The van der Waals surface area contributed by atoms with Crippen LogP contribution in [0.15, 0.2) is 47.6 Å². The first kappa shape index (κ1) is 10.8. The van der Waals surface area contributed by atoms with Crippen LogP contribution >= 0.6 is 11.6 Å². The van der Waals surface area contributed by atoms with Crippen LogP contribution in [0.25, 0.3) is 0 Å². The molecule has 0 saturated heterocycles. The van der Waals surface area contributed by atoms with Crippen molar-refractivity contribution >= 4 is 23.6 Å². The topological polar surface area (TPSA) is 25.2 Å². The van der Waals surface area contributed by atoms with E-state index in [9.17, 15) is 0 Å². The molecule has 0 N–H and O–H groups in total. The fraction of sp³-hybridized carbons (Fsp3) is 0.0769. The summed E-state index contributed by atoms with van der Waals surface area (Å²) >= 11 is 5.73. The molecule has 0 amide bonds. The third-order valence-electron chi connectivity index (χ3n) is 2.14. The highest BCUT2D eigenvalue weighted by Gasteiger charge is 1.91. The highest BCUT2D eigenvalue weighted by molar-refractivity contribution is 6.30. The molecule has 0 fully saturated rings. The fourth-order valence-electron chi connectivity index (χ4n) is 1.24. The molecule has 0 radical (unpaired) electrons. The Morgan fingerprint density at radius 2 is 1.88 bits per heavy atom. The second-order valence-corrected chi connectivity index (χ2v) is 3.94. The number of rotatable bonds is 2. The molecule has 0 unspecified atom stereocenters. The van der Waals surface area contributed by atoms with Gasteiger partial charge in [0.15, 0.2) is 5.82 Å². The van der Waals surface area contributed by atoms with Crippen LogP contribution in [0.4, 0.5) is 5.82 Å². The lowest BCUT2D eigenvalue weighted by atomic mass is 10.2. The van der Waals surface area contributed by atoms with Crippen molar-refractivity contribution in [3.05, 3.63) is 58.7 Å². The molecule has 0 atom stereocenters. The first-order valence-electron chi connectivity index (χ1n) is 4.96. The van der Waals surface area contributed by atoms with Gasteiger partial charge in [-0.05, 0) is 24.6 Å². The average Bonchev–Trinajstić information content (AvgIpc) is 2.30. The van der Waals surface area contributed by atoms with Crippen molar-refractivity contribution in [3.8, 4) is 0 Å². The summed E-state index contributed by atoms with van der Waals surface area (Å²) in [4.78, 5) is 8.33. The van der Waals surface area contributed by atoms with Crippen molar-refractivity contribution in [2.45, 2.75) is 6.92 Å². The molecule has 0 aliphatic rings. The minimum absolute atomic E-state index is 0.620. The molecular weight excluding hydrogens is 220 g/mol. The molecule has 80 valence electrons. The van der Waals surface area contributed by atoms with E-state index >= 15 is 0 Å². The second kappa shape index (κ2) is 4.90. The van der Waals surface area contributed by atoms with Gasteiger partial charge in [0.2, 0.25) is 0 Å². The molecular formula is C13H11ClN2. The van der Waals surface area contributed by atoms with E-state index in [-0.39, 0.29) is 0 Å². The minimum Gasteiger partial charge on any atom is -0.237 e. The lowest BCUT2D eigenvalue weighted by molar-refractivity contribution is 1.28. The summed E-state index contributed by atoms with van der Waals surface area (Å²) in [5.74, 6) is 0.657. The van der Waals surface area contributed by atoms with E-state index in [1.165, 1.54) is 5.56 Å². The number of hydrogen-bond donors (Lipinski definition) is 0. The molecule has 1 aromatic heterocycles. The highest BCUT2D eigenvalue weighted by Crippen LogP contribution is 2.12. The zero-order valence-corrected chi connectivity index (χ0v) is 9.65. The first-order valence-corrected chi connectivity index (χ1v) is 5.34. The summed E-state index contributed by atoms with van der Waals surface area (Å²) in [7, 11) is 0. The molecule has 1 aromatic carbocycles. The third kappa shape index (κ3) is 2.91. The van der Waals surface area contributed by atoms with E-state index < -0.39 is 0 Å². The minimum atomic E-state index is 0.620. The predicted octanol–water partition coefficient (Wildman–Crippen LogP) is 3.79. The van der Waals surface area contributed by atoms with Crippen LogP contribution in [-0.4, -0.2) is 11.2 Å². The van der Waals surface area contributed by atoms with Gasteiger partial charge >= 0.3 is 0 Å². The van der Waals surface area contributed by atoms with E-state index in [0.717, 1.165) is 5.56 Å². The maximum atomic E-state index is 5.73. The SMILES string of the molecule is Cc1ccc(C=Nc2ccc(Cl)cn2)cc1. The Bertz CT molecular complexity index is 439. The van der Waals surface area contributed by atoms with E-state index in [1.54, 1.807) is 24.5 Å². The maximum Gasteiger partial charge on any atom is 0.151 e. The number of aliphatic imine (C=N–C) groups is 1. The molecule has 2 aromatic rings. The van der Waals surface area contributed by atoms with Gasteiger partial charge in [0.05, 0.1) is 5.02 Å². The van der Waals surface area contributed by atoms with Crippen LogP contribution in [0.1, 0.15) is 11.1 Å². The number of halogens is 1. The van der Waals surface area contributed by atoms with Crippen LogP contribution < -0.4 is 0 Å². The Morgan fingerprint density at radius 3 is 2.50 bits per heavy atom. The number of nitrogens with zero attached hydrogens (tertiary/aromatic N) is 2. The van der Waals surface area contributed by atoms with Crippen LogP contribution in [0.5, 0.6) is 0 Å². The first-order chi connectivity index (χ1) is 7.74. The Balaban J connectivity index is 2.15. The number of benzene rings is 1. The molecule has 0 aliphatic heterocycles. The Hall–Kier alpha value is -1.67. The molecule has 0 spiro atoms.